The van der Waals surface area contributed by atoms with Gasteiger partial charge in [0.05, 0.1) is 11.6 Å². The number of allylic oxidation sites excluding steroid dienone is 1. The Hall–Kier alpha value is -2.43. The number of hydrazine groups is 1. The summed E-state index contributed by atoms with van der Waals surface area (Å²) < 4.78 is 12.9. The summed E-state index contributed by atoms with van der Waals surface area (Å²) in [6.45, 7) is 6.83. The number of hydrogen-bond acceptors (Lipinski definition) is 6. The zero-order valence-corrected chi connectivity index (χ0v) is 18.6. The number of guanidine groups is 1. The van der Waals surface area contributed by atoms with Crippen LogP contribution >= 0.6 is 12.1 Å². The van der Waals surface area contributed by atoms with Crippen LogP contribution in [0.25, 0.3) is 0 Å². The van der Waals surface area contributed by atoms with Crippen molar-refractivity contribution in [2.45, 2.75) is 26.2 Å². The first-order chi connectivity index (χ1) is 13.7. The molecule has 0 bridgehead atoms. The Morgan fingerprint density at radius 1 is 1.38 bits per heavy atom. The molecule has 0 spiro atoms. The molecule has 0 saturated carbocycles. The van der Waals surface area contributed by atoms with E-state index in [0.29, 0.717) is 44.1 Å². The number of amidine groups is 1. The summed E-state index contributed by atoms with van der Waals surface area (Å²) in [6.07, 6.45) is 3.18. The maximum absolute atomic E-state index is 12.9. The second-order valence-electron chi connectivity index (χ2n) is 6.60. The van der Waals surface area contributed by atoms with Gasteiger partial charge in [0, 0.05) is 47.5 Å². The largest absolute Gasteiger partial charge is 0.481 e. The standard InChI is InChI=1S/C18H32FN7O2S/c1-7-14(15(21-3)23(4)17(20)29-19)24(5)25(6)18(22-8-2)26-11-9-13(10-12-26)16(27)28/h8,13,20-21H,2,7,9-12H2,1,3-6H3,(H,27,28)/b15-14+,20-17?,22-18?. The van der Waals surface area contributed by atoms with Gasteiger partial charge in [0.25, 0.3) is 0 Å². The number of nitrogens with zero attached hydrogens (tertiary/aromatic N) is 5. The number of rotatable bonds is 7. The molecular formula is C18H32FN7O2S. The van der Waals surface area contributed by atoms with Crippen LogP contribution < -0.4 is 5.32 Å². The minimum absolute atomic E-state index is 0.126. The van der Waals surface area contributed by atoms with Crippen molar-refractivity contribution in [3.8, 4) is 0 Å². The molecular weight excluding hydrogens is 397 g/mol. The molecule has 0 aromatic carbocycles. The van der Waals surface area contributed by atoms with Crippen LogP contribution in [-0.4, -0.2) is 83.3 Å². The molecule has 0 radical (unpaired) electrons. The topological polar surface area (TPSA) is 98.5 Å². The second kappa shape index (κ2) is 11.5. The maximum atomic E-state index is 12.9. The van der Waals surface area contributed by atoms with E-state index in [4.69, 9.17) is 5.41 Å². The molecule has 0 aromatic heterocycles. The van der Waals surface area contributed by atoms with Crippen molar-refractivity contribution in [3.63, 3.8) is 0 Å². The van der Waals surface area contributed by atoms with Crippen molar-refractivity contribution < 1.29 is 13.8 Å². The predicted octanol–water partition coefficient (Wildman–Crippen LogP) is 2.34. The van der Waals surface area contributed by atoms with Crippen LogP contribution in [0.4, 0.5) is 3.89 Å². The van der Waals surface area contributed by atoms with Crippen molar-refractivity contribution in [3.05, 3.63) is 24.3 Å². The SMILES string of the molecule is C=CN=C(N1CCC(C(=O)O)CC1)N(C)N(C)/C(CC)=C(\NC)N(C)C(=N)SF. The Morgan fingerprint density at radius 2 is 1.97 bits per heavy atom. The van der Waals surface area contributed by atoms with Gasteiger partial charge >= 0.3 is 5.97 Å². The number of aliphatic carboxylic acids is 1. The number of nitrogens with one attached hydrogen (secondary N) is 2. The molecule has 1 aliphatic rings. The molecule has 1 rings (SSSR count). The number of aliphatic imine (C=N–C) groups is 1. The molecule has 1 aliphatic heterocycles. The fourth-order valence-corrected chi connectivity index (χ4v) is 3.50. The normalized spacial score (nSPS) is 16.1. The van der Waals surface area contributed by atoms with E-state index >= 15 is 0 Å². The zero-order chi connectivity index (χ0) is 22.1. The molecule has 1 saturated heterocycles. The zero-order valence-electron chi connectivity index (χ0n) is 17.8. The van der Waals surface area contributed by atoms with Gasteiger partial charge < -0.3 is 20.2 Å². The summed E-state index contributed by atoms with van der Waals surface area (Å²) in [5.74, 6) is 0.146. The number of halogens is 1. The number of piperidine rings is 1. The lowest BCUT2D eigenvalue weighted by atomic mass is 9.97. The van der Waals surface area contributed by atoms with E-state index in [2.05, 4.69) is 16.9 Å². The highest BCUT2D eigenvalue weighted by atomic mass is 32.2. The first-order valence-corrected chi connectivity index (χ1v) is 10.1. The van der Waals surface area contributed by atoms with Crippen LogP contribution in [0.5, 0.6) is 0 Å². The molecule has 0 unspecified atom stereocenters. The lowest BCUT2D eigenvalue weighted by Gasteiger charge is -2.41. The van der Waals surface area contributed by atoms with Crippen LogP contribution in [0.2, 0.25) is 0 Å². The first kappa shape index (κ1) is 24.6. The molecule has 164 valence electrons. The van der Waals surface area contributed by atoms with E-state index in [0.717, 1.165) is 5.70 Å². The first-order valence-electron chi connectivity index (χ1n) is 9.38. The fraction of sp³-hybridized carbons (Fsp3) is 0.611. The molecule has 0 amide bonds. The third kappa shape index (κ3) is 6.02. The summed E-state index contributed by atoms with van der Waals surface area (Å²) in [5.41, 5.74) is 0.827. The quantitative estimate of drug-likeness (QED) is 0.322. The highest BCUT2D eigenvalue weighted by Gasteiger charge is 2.29. The van der Waals surface area contributed by atoms with Crippen molar-refractivity contribution in [1.29, 1.82) is 5.41 Å². The molecule has 0 atom stereocenters. The van der Waals surface area contributed by atoms with Gasteiger partial charge in [0.1, 0.15) is 18.0 Å². The molecule has 29 heavy (non-hydrogen) atoms. The molecule has 0 aromatic rings. The van der Waals surface area contributed by atoms with Crippen LogP contribution in [0.15, 0.2) is 29.3 Å². The molecule has 11 heteroatoms. The molecule has 3 N–H and O–H groups in total. The summed E-state index contributed by atoms with van der Waals surface area (Å²) >= 11 is -0.126. The number of carbonyl (C=O) groups is 1. The molecule has 1 fully saturated rings. The average molecular weight is 430 g/mol. The summed E-state index contributed by atoms with van der Waals surface area (Å²) in [6, 6.07) is 0. The van der Waals surface area contributed by atoms with Crippen molar-refractivity contribution in [2.75, 3.05) is 41.3 Å². The number of carboxylic acids is 1. The molecule has 1 heterocycles. The molecule has 0 aliphatic carbocycles. The van der Waals surface area contributed by atoms with E-state index in [1.807, 2.05) is 35.9 Å². The van der Waals surface area contributed by atoms with Gasteiger partial charge in [0.15, 0.2) is 5.17 Å². The Morgan fingerprint density at radius 3 is 2.38 bits per heavy atom. The maximum Gasteiger partial charge on any atom is 0.306 e. The average Bonchev–Trinajstić information content (AvgIpc) is 2.73. The Labute approximate surface area is 176 Å². The van der Waals surface area contributed by atoms with Crippen molar-refractivity contribution >= 4 is 29.2 Å². The van der Waals surface area contributed by atoms with Crippen LogP contribution in [0.3, 0.4) is 0 Å². The van der Waals surface area contributed by atoms with Crippen molar-refractivity contribution in [1.82, 2.24) is 25.1 Å². The minimum Gasteiger partial charge on any atom is -0.481 e. The lowest BCUT2D eigenvalue weighted by molar-refractivity contribution is -0.143. The Kier molecular flexibility index (Phi) is 9.79. The van der Waals surface area contributed by atoms with Crippen molar-refractivity contribution in [2.24, 2.45) is 10.9 Å². The van der Waals surface area contributed by atoms with Gasteiger partial charge in [-0.25, -0.2) is 4.99 Å². The van der Waals surface area contributed by atoms with Gasteiger partial charge in [-0.15, -0.1) is 0 Å². The number of hydrogen-bond donors (Lipinski definition) is 3. The van der Waals surface area contributed by atoms with E-state index in [9.17, 15) is 13.8 Å². The van der Waals surface area contributed by atoms with Gasteiger partial charge in [-0.1, -0.05) is 13.5 Å². The van der Waals surface area contributed by atoms with Gasteiger partial charge in [-0.05, 0) is 19.3 Å². The summed E-state index contributed by atoms with van der Waals surface area (Å²) in [5, 5.41) is 23.5. The van der Waals surface area contributed by atoms with E-state index in [-0.39, 0.29) is 23.2 Å². The highest BCUT2D eigenvalue weighted by molar-refractivity contribution is 8.09. The predicted molar refractivity (Wildman–Crippen MR) is 116 cm³/mol. The van der Waals surface area contributed by atoms with E-state index in [1.54, 1.807) is 14.1 Å². The Balaban J connectivity index is 3.15. The third-order valence-corrected chi connectivity index (χ3v) is 5.44. The second-order valence-corrected chi connectivity index (χ2v) is 7.14. The summed E-state index contributed by atoms with van der Waals surface area (Å²) in [4.78, 5) is 19.1. The number of carboxylic acid groups (broad SMARTS) is 1. The Bertz CT molecular complexity index is 663. The number of likely N-dealkylation sites (tertiary alicyclic amines) is 1. The monoisotopic (exact) mass is 429 g/mol. The third-order valence-electron chi connectivity index (χ3n) is 5.02. The van der Waals surface area contributed by atoms with Gasteiger partial charge in [-0.2, -0.15) is 3.89 Å². The van der Waals surface area contributed by atoms with Crippen LogP contribution in [0.1, 0.15) is 26.2 Å². The van der Waals surface area contributed by atoms with Gasteiger partial charge in [-0.3, -0.25) is 20.2 Å². The van der Waals surface area contributed by atoms with Gasteiger partial charge in [0.2, 0.25) is 5.96 Å². The van der Waals surface area contributed by atoms with Crippen LogP contribution in [-0.2, 0) is 4.79 Å². The van der Waals surface area contributed by atoms with Crippen LogP contribution in [0, 0.1) is 11.3 Å². The minimum atomic E-state index is -0.761. The smallest absolute Gasteiger partial charge is 0.306 e. The van der Waals surface area contributed by atoms with E-state index in [1.165, 1.54) is 11.1 Å². The lowest BCUT2D eigenvalue weighted by Crippen LogP contribution is -2.52. The fourth-order valence-electron chi connectivity index (χ4n) is 3.30. The van der Waals surface area contributed by atoms with E-state index < -0.39 is 5.97 Å². The molecule has 9 nitrogen and oxygen atoms in total. The highest BCUT2D eigenvalue weighted by Crippen LogP contribution is 2.22. The summed E-state index contributed by atoms with van der Waals surface area (Å²) in [7, 11) is 7.06.